The van der Waals surface area contributed by atoms with Crippen molar-refractivity contribution < 1.29 is 0 Å². The standard InChI is InChI=1S/C15H14BrI/c1-10-3-4-11(2)14(9-10)15(16)12-5-7-13(17)8-6-12/h3-9,15H,1-2H3. The summed E-state index contributed by atoms with van der Waals surface area (Å²) >= 11 is 6.13. The molecule has 0 aromatic heterocycles. The van der Waals surface area contributed by atoms with Gasteiger partial charge >= 0.3 is 0 Å². The van der Waals surface area contributed by atoms with Crippen molar-refractivity contribution in [1.82, 2.24) is 0 Å². The molecule has 0 heterocycles. The SMILES string of the molecule is Cc1ccc(C)c(C(Br)c2ccc(I)cc2)c1. The van der Waals surface area contributed by atoms with Gasteiger partial charge in [0.1, 0.15) is 0 Å². The number of aryl methyl sites for hydroxylation is 2. The topological polar surface area (TPSA) is 0 Å². The minimum atomic E-state index is 0.277. The zero-order chi connectivity index (χ0) is 12.4. The summed E-state index contributed by atoms with van der Waals surface area (Å²) in [7, 11) is 0. The van der Waals surface area contributed by atoms with E-state index in [4.69, 9.17) is 0 Å². The minimum absolute atomic E-state index is 0.277. The van der Waals surface area contributed by atoms with Crippen molar-refractivity contribution in [1.29, 1.82) is 0 Å². The summed E-state index contributed by atoms with van der Waals surface area (Å²) in [6.07, 6.45) is 0. The average molecular weight is 401 g/mol. The van der Waals surface area contributed by atoms with E-state index in [1.54, 1.807) is 0 Å². The Bertz CT molecular complexity index is 517. The Hall–Kier alpha value is -0.350. The van der Waals surface area contributed by atoms with Crippen LogP contribution in [0.3, 0.4) is 0 Å². The van der Waals surface area contributed by atoms with Gasteiger partial charge in [-0.25, -0.2) is 0 Å². The van der Waals surface area contributed by atoms with Gasteiger partial charge in [0, 0.05) is 3.57 Å². The highest BCUT2D eigenvalue weighted by Gasteiger charge is 2.12. The molecule has 0 aliphatic rings. The lowest BCUT2D eigenvalue weighted by Gasteiger charge is -2.14. The molecule has 1 unspecified atom stereocenters. The molecule has 0 N–H and O–H groups in total. The first-order valence-electron chi connectivity index (χ1n) is 5.54. The molecule has 1 atom stereocenters. The second kappa shape index (κ2) is 5.53. The summed E-state index contributed by atoms with van der Waals surface area (Å²) in [5.41, 5.74) is 5.29. The Morgan fingerprint density at radius 3 is 2.29 bits per heavy atom. The molecule has 2 rings (SSSR count). The highest BCUT2D eigenvalue weighted by atomic mass is 127. The van der Waals surface area contributed by atoms with Crippen molar-refractivity contribution in [2.75, 3.05) is 0 Å². The van der Waals surface area contributed by atoms with Gasteiger partial charge in [-0.05, 0) is 65.3 Å². The molecule has 0 radical (unpaired) electrons. The molecule has 0 amide bonds. The molecule has 0 nitrogen and oxygen atoms in total. The number of benzene rings is 2. The van der Waals surface area contributed by atoms with E-state index >= 15 is 0 Å². The van der Waals surface area contributed by atoms with E-state index in [0.717, 1.165) is 0 Å². The van der Waals surface area contributed by atoms with Gasteiger partial charge in [0.05, 0.1) is 4.83 Å². The molecular weight excluding hydrogens is 387 g/mol. The zero-order valence-electron chi connectivity index (χ0n) is 9.87. The largest absolute Gasteiger partial charge is 0.0786 e. The quantitative estimate of drug-likeness (QED) is 0.468. The predicted octanol–water partition coefficient (Wildman–Crippen LogP) is 5.39. The van der Waals surface area contributed by atoms with Crippen molar-refractivity contribution in [3.63, 3.8) is 0 Å². The third kappa shape index (κ3) is 3.10. The molecule has 2 heteroatoms. The predicted molar refractivity (Wildman–Crippen MR) is 85.8 cm³/mol. The van der Waals surface area contributed by atoms with Crippen molar-refractivity contribution in [3.8, 4) is 0 Å². The number of alkyl halides is 1. The minimum Gasteiger partial charge on any atom is -0.0786 e. The van der Waals surface area contributed by atoms with E-state index in [1.807, 2.05) is 0 Å². The van der Waals surface area contributed by atoms with Crippen LogP contribution in [0.5, 0.6) is 0 Å². The Morgan fingerprint density at radius 1 is 1.00 bits per heavy atom. The van der Waals surface area contributed by atoms with E-state index in [9.17, 15) is 0 Å². The molecule has 0 aliphatic heterocycles. The van der Waals surface area contributed by atoms with Crippen LogP contribution >= 0.6 is 38.5 Å². The summed E-state index contributed by atoms with van der Waals surface area (Å²) in [6.45, 7) is 4.30. The zero-order valence-corrected chi connectivity index (χ0v) is 13.6. The molecule has 88 valence electrons. The van der Waals surface area contributed by atoms with Crippen molar-refractivity contribution in [3.05, 3.63) is 68.3 Å². The van der Waals surface area contributed by atoms with Gasteiger partial charge in [-0.2, -0.15) is 0 Å². The van der Waals surface area contributed by atoms with Crippen LogP contribution in [-0.4, -0.2) is 0 Å². The van der Waals surface area contributed by atoms with E-state index < -0.39 is 0 Å². The fourth-order valence-electron chi connectivity index (χ4n) is 1.84. The van der Waals surface area contributed by atoms with Gasteiger partial charge in [-0.3, -0.25) is 0 Å². The number of hydrogen-bond acceptors (Lipinski definition) is 0. The van der Waals surface area contributed by atoms with Gasteiger partial charge in [0.2, 0.25) is 0 Å². The van der Waals surface area contributed by atoms with E-state index in [0.29, 0.717) is 0 Å². The highest BCUT2D eigenvalue weighted by Crippen LogP contribution is 2.33. The highest BCUT2D eigenvalue weighted by molar-refractivity contribution is 14.1. The van der Waals surface area contributed by atoms with E-state index in [2.05, 4.69) is 94.8 Å². The van der Waals surface area contributed by atoms with Crippen LogP contribution in [-0.2, 0) is 0 Å². The lowest BCUT2D eigenvalue weighted by atomic mass is 9.98. The van der Waals surface area contributed by atoms with Gasteiger partial charge in [-0.1, -0.05) is 51.8 Å². The lowest BCUT2D eigenvalue weighted by molar-refractivity contribution is 1.13. The molecule has 0 fully saturated rings. The lowest BCUT2D eigenvalue weighted by Crippen LogP contribution is -1.96. The number of halogens is 2. The summed E-state index contributed by atoms with van der Waals surface area (Å²) in [5, 5.41) is 0. The molecule has 0 bridgehead atoms. The maximum absolute atomic E-state index is 3.80. The van der Waals surface area contributed by atoms with Crippen LogP contribution in [0.15, 0.2) is 42.5 Å². The number of rotatable bonds is 2. The average Bonchev–Trinajstić information content (AvgIpc) is 2.32. The molecule has 0 saturated carbocycles. The summed E-state index contributed by atoms with van der Waals surface area (Å²) in [4.78, 5) is 0.277. The van der Waals surface area contributed by atoms with E-state index in [1.165, 1.54) is 25.8 Å². The monoisotopic (exact) mass is 400 g/mol. The molecule has 2 aromatic rings. The normalized spacial score (nSPS) is 12.5. The number of hydrogen-bond donors (Lipinski definition) is 0. The van der Waals surface area contributed by atoms with Crippen LogP contribution in [0.2, 0.25) is 0 Å². The van der Waals surface area contributed by atoms with Crippen LogP contribution in [0.25, 0.3) is 0 Å². The Kier molecular flexibility index (Phi) is 4.26. The van der Waals surface area contributed by atoms with E-state index in [-0.39, 0.29) is 4.83 Å². The van der Waals surface area contributed by atoms with Crippen LogP contribution in [0.1, 0.15) is 27.1 Å². The van der Waals surface area contributed by atoms with Gasteiger partial charge in [-0.15, -0.1) is 0 Å². The third-order valence-electron chi connectivity index (χ3n) is 2.87. The second-order valence-electron chi connectivity index (χ2n) is 4.27. The van der Waals surface area contributed by atoms with Crippen LogP contribution < -0.4 is 0 Å². The molecule has 2 aromatic carbocycles. The molecular formula is C15H14BrI. The van der Waals surface area contributed by atoms with Crippen LogP contribution in [0.4, 0.5) is 0 Å². The van der Waals surface area contributed by atoms with Gasteiger partial charge in [0.25, 0.3) is 0 Å². The van der Waals surface area contributed by atoms with Gasteiger partial charge in [0.15, 0.2) is 0 Å². The summed E-state index contributed by atoms with van der Waals surface area (Å²) in [5.74, 6) is 0. The molecule has 0 saturated heterocycles. The molecule has 17 heavy (non-hydrogen) atoms. The third-order valence-corrected chi connectivity index (χ3v) is 4.61. The Balaban J connectivity index is 2.39. The molecule has 0 spiro atoms. The Labute approximate surface area is 125 Å². The summed E-state index contributed by atoms with van der Waals surface area (Å²) < 4.78 is 1.27. The maximum Gasteiger partial charge on any atom is 0.0647 e. The van der Waals surface area contributed by atoms with Crippen molar-refractivity contribution in [2.24, 2.45) is 0 Å². The molecule has 0 aliphatic carbocycles. The summed E-state index contributed by atoms with van der Waals surface area (Å²) in [6, 6.07) is 15.3. The van der Waals surface area contributed by atoms with Crippen molar-refractivity contribution >= 4 is 38.5 Å². The first kappa shape index (κ1) is 13.1. The fourth-order valence-corrected chi connectivity index (χ4v) is 3.00. The maximum atomic E-state index is 3.80. The first-order valence-corrected chi connectivity index (χ1v) is 7.54. The van der Waals surface area contributed by atoms with Crippen LogP contribution in [0, 0.1) is 17.4 Å². The Morgan fingerprint density at radius 2 is 1.65 bits per heavy atom. The smallest absolute Gasteiger partial charge is 0.0647 e. The van der Waals surface area contributed by atoms with Crippen molar-refractivity contribution in [2.45, 2.75) is 18.7 Å². The first-order chi connectivity index (χ1) is 8.08. The second-order valence-corrected chi connectivity index (χ2v) is 6.44. The van der Waals surface area contributed by atoms with Gasteiger partial charge < -0.3 is 0 Å². The fraction of sp³-hybridized carbons (Fsp3) is 0.200.